The largest absolute Gasteiger partial charge is 0.388 e. The summed E-state index contributed by atoms with van der Waals surface area (Å²) < 4.78 is 0. The molecule has 2 heterocycles. The molecule has 0 bridgehead atoms. The van der Waals surface area contributed by atoms with Gasteiger partial charge in [-0.2, -0.15) is 0 Å². The fourth-order valence-corrected chi connectivity index (χ4v) is 4.56. The summed E-state index contributed by atoms with van der Waals surface area (Å²) in [6.45, 7) is 6.10. The van der Waals surface area contributed by atoms with Crippen LogP contribution in [0.2, 0.25) is 0 Å². The minimum Gasteiger partial charge on any atom is -0.388 e. The maximum Gasteiger partial charge on any atom is 0.151 e. The third-order valence-corrected chi connectivity index (χ3v) is 6.94. The van der Waals surface area contributed by atoms with Gasteiger partial charge in [-0.05, 0) is 88.3 Å². The monoisotopic (exact) mass is 589 g/mol. The van der Waals surface area contributed by atoms with Crippen LogP contribution >= 0.6 is 0 Å². The Labute approximate surface area is 266 Å². The number of nitrogens with zero attached hydrogens (tertiary/aromatic N) is 3. The number of amidine groups is 1. The second kappa shape index (κ2) is 16.8. The van der Waals surface area contributed by atoms with Gasteiger partial charge in [0.25, 0.3) is 0 Å². The molecule has 2 aromatic heterocycles. The van der Waals surface area contributed by atoms with E-state index in [1.54, 1.807) is 18.6 Å². The van der Waals surface area contributed by atoms with Gasteiger partial charge < -0.3 is 5.32 Å². The molecule has 45 heavy (non-hydrogen) atoms. The van der Waals surface area contributed by atoms with Gasteiger partial charge in [-0.3, -0.25) is 15.4 Å². The molecule has 5 heteroatoms. The number of hydrogen-bond acceptors (Lipinski definition) is 4. The molecule has 0 aliphatic heterocycles. The molecule has 0 atom stereocenters. The molecule has 0 fully saturated rings. The van der Waals surface area contributed by atoms with Crippen molar-refractivity contribution in [3.05, 3.63) is 163 Å². The van der Waals surface area contributed by atoms with Crippen LogP contribution in [-0.4, -0.2) is 29.1 Å². The van der Waals surface area contributed by atoms with Crippen LogP contribution in [-0.2, 0) is 0 Å². The lowest BCUT2D eigenvalue weighted by Crippen LogP contribution is -1.96. The number of benzene rings is 4. The van der Waals surface area contributed by atoms with Crippen molar-refractivity contribution in [2.45, 2.75) is 20.8 Å². The lowest BCUT2D eigenvalue weighted by molar-refractivity contribution is 1.33. The molecular weight excluding hydrogens is 550 g/mol. The first-order valence-corrected chi connectivity index (χ1v) is 15.1. The lowest BCUT2D eigenvalue weighted by Gasteiger charge is -2.05. The van der Waals surface area contributed by atoms with Gasteiger partial charge in [-0.15, -0.1) is 0 Å². The summed E-state index contributed by atoms with van der Waals surface area (Å²) in [4.78, 5) is 12.4. The molecule has 0 saturated heterocycles. The molecule has 0 saturated carbocycles. The van der Waals surface area contributed by atoms with Gasteiger partial charge in [0, 0.05) is 49.3 Å². The Morgan fingerprint density at radius 1 is 0.600 bits per heavy atom. The molecule has 5 nitrogen and oxygen atoms in total. The molecule has 0 radical (unpaired) electrons. The average Bonchev–Trinajstić information content (AvgIpc) is 3.13. The Bertz CT molecular complexity index is 1790. The lowest BCUT2D eigenvalue weighted by atomic mass is 10.0. The Morgan fingerprint density at radius 3 is 1.62 bits per heavy atom. The number of aryl methyl sites for hydroxylation is 1. The summed E-state index contributed by atoms with van der Waals surface area (Å²) in [6.07, 6.45) is 8.90. The van der Waals surface area contributed by atoms with Gasteiger partial charge >= 0.3 is 0 Å². The van der Waals surface area contributed by atoms with Crippen LogP contribution in [0.15, 0.2) is 151 Å². The minimum absolute atomic E-state index is 0.234. The Hall–Kier alpha value is -5.68. The molecule has 6 aromatic rings. The summed E-state index contributed by atoms with van der Waals surface area (Å²) in [6, 6.07) is 40.8. The number of aliphatic imine (C=N–C) groups is 1. The second-order valence-electron chi connectivity index (χ2n) is 9.98. The summed E-state index contributed by atoms with van der Waals surface area (Å²) in [5, 5.41) is 11.5. The van der Waals surface area contributed by atoms with E-state index < -0.39 is 0 Å². The van der Waals surface area contributed by atoms with E-state index in [-0.39, 0.29) is 5.84 Å². The van der Waals surface area contributed by atoms with Crippen LogP contribution in [0, 0.1) is 12.3 Å². The topological polar surface area (TPSA) is 74.0 Å². The molecule has 0 amide bonds. The van der Waals surface area contributed by atoms with E-state index in [1.165, 1.54) is 16.7 Å². The van der Waals surface area contributed by atoms with Crippen LogP contribution in [0.1, 0.15) is 30.5 Å². The van der Waals surface area contributed by atoms with E-state index in [1.807, 2.05) is 94.0 Å². The van der Waals surface area contributed by atoms with Crippen molar-refractivity contribution >= 4 is 17.7 Å². The Kier molecular flexibility index (Phi) is 12.1. The first kappa shape index (κ1) is 32.2. The van der Waals surface area contributed by atoms with Crippen molar-refractivity contribution in [3.63, 3.8) is 0 Å². The molecule has 4 aromatic carbocycles. The maximum absolute atomic E-state index is 8.34. The second-order valence-corrected chi connectivity index (χ2v) is 9.98. The van der Waals surface area contributed by atoms with Gasteiger partial charge in [-0.25, -0.2) is 4.99 Å². The SMILES string of the molecule is CC.CNc1ccc(-c2ccc(C=NC(=N)c3cccc(-c4ccncc4)c3)cc2)cc1.Cc1cccc(-c2ccncc2)c1. The average molecular weight is 590 g/mol. The van der Waals surface area contributed by atoms with Gasteiger partial charge in [0.2, 0.25) is 0 Å². The summed E-state index contributed by atoms with van der Waals surface area (Å²) in [5.41, 5.74) is 11.0. The van der Waals surface area contributed by atoms with E-state index in [0.717, 1.165) is 39.1 Å². The number of rotatable bonds is 6. The van der Waals surface area contributed by atoms with Crippen molar-refractivity contribution in [1.82, 2.24) is 9.97 Å². The number of anilines is 1. The zero-order valence-electron chi connectivity index (χ0n) is 26.3. The van der Waals surface area contributed by atoms with Crippen LogP contribution in [0.25, 0.3) is 33.4 Å². The fraction of sp³-hybridized carbons (Fsp3) is 0.100. The standard InChI is InChI=1S/C26H22N4.C12H11N.C2H6/c1-28-25-11-9-21(10-12-25)20-7-5-19(6-8-20)18-30-26(27)24-4-2-3-23(17-24)22-13-15-29-16-14-22;1-10-3-2-4-12(9-10)11-5-7-13-8-6-11;1-2/h2-18,27-28H,1H3;2-9H,1H3;1-2H3. The zero-order valence-corrected chi connectivity index (χ0v) is 26.3. The van der Waals surface area contributed by atoms with Crippen molar-refractivity contribution < 1.29 is 0 Å². The highest BCUT2D eigenvalue weighted by molar-refractivity contribution is 6.04. The predicted octanol–water partition coefficient (Wildman–Crippen LogP) is 9.98. The van der Waals surface area contributed by atoms with E-state index in [0.29, 0.717) is 0 Å². The molecule has 2 N–H and O–H groups in total. The molecule has 6 rings (SSSR count). The zero-order chi connectivity index (χ0) is 31.9. The third kappa shape index (κ3) is 9.40. The normalized spacial score (nSPS) is 10.2. The van der Waals surface area contributed by atoms with Crippen molar-refractivity contribution in [2.75, 3.05) is 12.4 Å². The van der Waals surface area contributed by atoms with Crippen LogP contribution in [0.5, 0.6) is 0 Å². The van der Waals surface area contributed by atoms with Crippen LogP contribution < -0.4 is 5.32 Å². The number of aromatic nitrogens is 2. The number of nitrogens with one attached hydrogen (secondary N) is 2. The summed E-state index contributed by atoms with van der Waals surface area (Å²) in [5.74, 6) is 0.234. The van der Waals surface area contributed by atoms with E-state index >= 15 is 0 Å². The van der Waals surface area contributed by atoms with Gasteiger partial charge in [-0.1, -0.05) is 98.3 Å². The van der Waals surface area contributed by atoms with Gasteiger partial charge in [0.15, 0.2) is 5.84 Å². The summed E-state index contributed by atoms with van der Waals surface area (Å²) >= 11 is 0. The maximum atomic E-state index is 8.34. The molecular formula is C40H39N5. The van der Waals surface area contributed by atoms with Crippen LogP contribution in [0.4, 0.5) is 5.69 Å². The number of pyridine rings is 2. The van der Waals surface area contributed by atoms with Crippen molar-refractivity contribution in [3.8, 4) is 33.4 Å². The Morgan fingerprint density at radius 2 is 1.09 bits per heavy atom. The Balaban J connectivity index is 0.000000255. The molecule has 0 unspecified atom stereocenters. The summed E-state index contributed by atoms with van der Waals surface area (Å²) in [7, 11) is 1.91. The highest BCUT2D eigenvalue weighted by Gasteiger charge is 2.03. The van der Waals surface area contributed by atoms with E-state index in [2.05, 4.69) is 87.9 Å². The predicted molar refractivity (Wildman–Crippen MR) is 191 cm³/mol. The molecule has 224 valence electrons. The van der Waals surface area contributed by atoms with Crippen molar-refractivity contribution in [2.24, 2.45) is 4.99 Å². The number of hydrogen-bond donors (Lipinski definition) is 2. The fourth-order valence-electron chi connectivity index (χ4n) is 4.56. The molecule has 0 aliphatic carbocycles. The quantitative estimate of drug-likeness (QED) is 0.150. The van der Waals surface area contributed by atoms with Gasteiger partial charge in [0.1, 0.15) is 0 Å². The highest BCUT2D eigenvalue weighted by atomic mass is 14.8. The van der Waals surface area contributed by atoms with E-state index in [4.69, 9.17) is 5.41 Å². The minimum atomic E-state index is 0.234. The molecule has 0 aliphatic rings. The van der Waals surface area contributed by atoms with Crippen molar-refractivity contribution in [1.29, 1.82) is 5.41 Å². The van der Waals surface area contributed by atoms with Crippen LogP contribution in [0.3, 0.4) is 0 Å². The first-order chi connectivity index (χ1) is 22.1. The first-order valence-electron chi connectivity index (χ1n) is 15.1. The van der Waals surface area contributed by atoms with Gasteiger partial charge in [0.05, 0.1) is 0 Å². The van der Waals surface area contributed by atoms with E-state index in [9.17, 15) is 0 Å². The molecule has 0 spiro atoms. The highest BCUT2D eigenvalue weighted by Crippen LogP contribution is 2.23. The smallest absolute Gasteiger partial charge is 0.151 e. The third-order valence-electron chi connectivity index (χ3n) is 6.94.